The van der Waals surface area contributed by atoms with Crippen LogP contribution in [0.4, 0.5) is 0 Å². The minimum Gasteiger partial charge on any atom is -0.493 e. The van der Waals surface area contributed by atoms with Gasteiger partial charge in [0.05, 0.1) is 5.57 Å². The first-order valence-electron chi connectivity index (χ1n) is 40.0. The smallest absolute Gasteiger partial charge is 0.215 e. The predicted octanol–water partition coefficient (Wildman–Crippen LogP) is 28.8. The maximum Gasteiger partial charge on any atom is 0.215 e. The summed E-state index contributed by atoms with van der Waals surface area (Å²) >= 11 is 0. The summed E-state index contributed by atoms with van der Waals surface area (Å²) in [5.74, 6) is 0. The number of rotatable bonds is 62. The molecule has 0 radical (unpaired) electrons. The second kappa shape index (κ2) is 69.5. The van der Waals surface area contributed by atoms with Crippen LogP contribution in [0.15, 0.2) is 71.8 Å². The second-order valence-corrected chi connectivity index (χ2v) is 27.5. The SMILES string of the molecule is CCCCCCCCCCCCCCCCCCCCCCCCCC=CC1=C(c2ccc(CCCCCCCCCCCCCCCCCCCCCCCCCC)cc2)[N+](=[N-])C(c2cccc(CCCC)c2)=C1CCCC.CCCCO.CCCCO.[Ni]. The molecule has 1 heterocycles. The third-order valence-electron chi connectivity index (χ3n) is 18.9. The van der Waals surface area contributed by atoms with Crippen LogP contribution < -0.4 is 0 Å². The van der Waals surface area contributed by atoms with E-state index >= 15 is 0 Å². The van der Waals surface area contributed by atoms with Crippen molar-refractivity contribution in [3.05, 3.63) is 99.6 Å². The van der Waals surface area contributed by atoms with E-state index in [0.717, 1.165) is 86.7 Å². The fraction of sp³-hybridized carbons (Fsp3) is 0.788. The quantitative estimate of drug-likeness (QED) is 0.0394. The zero-order valence-electron chi connectivity index (χ0n) is 61.0. The molecule has 2 aromatic rings. The number of aliphatic hydroxyl groups excluding tert-OH is 2. The van der Waals surface area contributed by atoms with Crippen LogP contribution in [0.5, 0.6) is 0 Å². The Bertz CT molecular complexity index is 1910. The Balaban J connectivity index is 0.00000664. The van der Waals surface area contributed by atoms with Crippen LogP contribution in [0.3, 0.4) is 0 Å². The Labute approximate surface area is 572 Å². The van der Waals surface area contributed by atoms with Gasteiger partial charge < -0.3 is 15.7 Å². The molecule has 3 rings (SSSR count). The summed E-state index contributed by atoms with van der Waals surface area (Å²) in [5.41, 5.74) is 21.8. The van der Waals surface area contributed by atoms with E-state index in [1.54, 1.807) is 4.70 Å². The number of benzene rings is 2. The molecule has 0 atom stereocenters. The van der Waals surface area contributed by atoms with E-state index in [1.165, 1.54) is 337 Å². The summed E-state index contributed by atoms with van der Waals surface area (Å²) in [6, 6.07) is 18.3. The standard InChI is InChI=1S/C77H132N2.2C4H10O.Ni/c1-5-9-13-15-17-19-21-23-25-27-29-31-33-35-37-39-41-43-45-47-49-51-53-55-57-64-75-74(63-12-8-4)77(73-62-58-61-71(69-73)59-11-7-3)79(78)76(75)72-67-65-70(66-68-72)60-56-54-52-50-48-46-44-42-40-38-36-34-32-30-28-26-24-22-20-18-16-14-10-6-2;2*1-2-3-4-5;/h57-58,61-62,64-69H,5-56,59-60,63H2,1-4H3;2*5H,2-4H2,1H3;. The molecule has 0 amide bonds. The van der Waals surface area contributed by atoms with Crippen LogP contribution >= 0.6 is 0 Å². The van der Waals surface area contributed by atoms with E-state index in [4.69, 9.17) is 10.2 Å². The molecule has 0 unspecified atom stereocenters. The zero-order chi connectivity index (χ0) is 64.4. The molecule has 2 aromatic carbocycles. The van der Waals surface area contributed by atoms with E-state index in [2.05, 4.69) is 102 Å². The Hall–Kier alpha value is -2.33. The fourth-order valence-corrected chi connectivity index (χ4v) is 12.9. The maximum absolute atomic E-state index is 12.3. The van der Waals surface area contributed by atoms with Crippen LogP contribution in [-0.2, 0) is 29.3 Å². The number of aliphatic hydroxyl groups is 2. The van der Waals surface area contributed by atoms with E-state index < -0.39 is 0 Å². The van der Waals surface area contributed by atoms with Gasteiger partial charge in [-0.05, 0) is 99.6 Å². The Kier molecular flexibility index (Phi) is 67.7. The van der Waals surface area contributed by atoms with Gasteiger partial charge in [0.15, 0.2) is 0 Å². The van der Waals surface area contributed by atoms with Crippen molar-refractivity contribution < 1.29 is 31.4 Å². The summed E-state index contributed by atoms with van der Waals surface area (Å²) in [6.07, 6.45) is 85.0. The van der Waals surface area contributed by atoms with Gasteiger partial charge in [-0.15, -0.1) is 0 Å². The summed E-state index contributed by atoms with van der Waals surface area (Å²) in [6.45, 7) is 14.0. The number of allylic oxidation sites excluding steroid dienone is 4. The Morgan fingerprint density at radius 2 is 0.622 bits per heavy atom. The van der Waals surface area contributed by atoms with Gasteiger partial charge >= 0.3 is 0 Å². The van der Waals surface area contributed by atoms with Crippen LogP contribution in [0.2, 0.25) is 0 Å². The molecule has 90 heavy (non-hydrogen) atoms. The number of hydrogen-bond donors (Lipinski definition) is 2. The molecule has 0 aromatic heterocycles. The van der Waals surface area contributed by atoms with Crippen molar-refractivity contribution in [2.75, 3.05) is 13.2 Å². The first-order valence-corrected chi connectivity index (χ1v) is 40.0. The normalized spacial score (nSPS) is 12.3. The largest absolute Gasteiger partial charge is 0.493 e. The third-order valence-corrected chi connectivity index (χ3v) is 18.9. The van der Waals surface area contributed by atoms with Gasteiger partial charge in [-0.25, -0.2) is 4.70 Å². The summed E-state index contributed by atoms with van der Waals surface area (Å²) < 4.78 is 1.57. The van der Waals surface area contributed by atoms with E-state index in [9.17, 15) is 5.53 Å². The topological polar surface area (TPSA) is 65.8 Å². The number of nitrogens with zero attached hydrogens (tertiary/aromatic N) is 2. The minimum absolute atomic E-state index is 0. The summed E-state index contributed by atoms with van der Waals surface area (Å²) in [7, 11) is 0. The fourth-order valence-electron chi connectivity index (χ4n) is 12.9. The van der Waals surface area contributed by atoms with E-state index in [-0.39, 0.29) is 16.5 Å². The Morgan fingerprint density at radius 3 is 0.956 bits per heavy atom. The van der Waals surface area contributed by atoms with Crippen molar-refractivity contribution >= 4 is 11.4 Å². The van der Waals surface area contributed by atoms with Crippen LogP contribution in [0.1, 0.15) is 430 Å². The van der Waals surface area contributed by atoms with Gasteiger partial charge in [-0.2, -0.15) is 0 Å². The van der Waals surface area contributed by atoms with Crippen molar-refractivity contribution in [1.82, 2.24) is 0 Å². The Morgan fingerprint density at radius 1 is 0.311 bits per heavy atom. The van der Waals surface area contributed by atoms with Crippen LogP contribution in [0.25, 0.3) is 16.9 Å². The van der Waals surface area contributed by atoms with Crippen LogP contribution in [0, 0.1) is 0 Å². The molecule has 0 saturated carbocycles. The van der Waals surface area contributed by atoms with Crippen molar-refractivity contribution in [2.24, 2.45) is 0 Å². The maximum atomic E-state index is 12.3. The van der Waals surface area contributed by atoms with Gasteiger partial charge in [0.2, 0.25) is 11.4 Å². The molecular weight excluding hydrogens is 1140 g/mol. The average molecular weight is 1290 g/mol. The molecule has 0 aliphatic carbocycles. The molecule has 1 aliphatic heterocycles. The van der Waals surface area contributed by atoms with Gasteiger partial charge in [0.25, 0.3) is 0 Å². The zero-order valence-corrected chi connectivity index (χ0v) is 62.0. The molecule has 0 saturated heterocycles. The molecule has 5 heteroatoms. The van der Waals surface area contributed by atoms with Crippen molar-refractivity contribution in [1.29, 1.82) is 0 Å². The molecule has 524 valence electrons. The summed E-state index contributed by atoms with van der Waals surface area (Å²) in [5, 5.41) is 16.1. The molecule has 2 N–H and O–H groups in total. The third kappa shape index (κ3) is 50.1. The van der Waals surface area contributed by atoms with Crippen molar-refractivity contribution in [2.45, 2.75) is 420 Å². The summed E-state index contributed by atoms with van der Waals surface area (Å²) in [4.78, 5) is 0. The monoisotopic (exact) mass is 1290 g/mol. The molecule has 0 fully saturated rings. The minimum atomic E-state index is 0. The van der Waals surface area contributed by atoms with Crippen molar-refractivity contribution in [3.8, 4) is 0 Å². The number of hydrogen-bond acceptors (Lipinski definition) is 2. The molecule has 0 spiro atoms. The average Bonchev–Trinajstić information content (AvgIpc) is 1.80. The van der Waals surface area contributed by atoms with Crippen LogP contribution in [-0.4, -0.2) is 28.1 Å². The first-order chi connectivity index (χ1) is 44.0. The van der Waals surface area contributed by atoms with Crippen molar-refractivity contribution in [3.63, 3.8) is 0 Å². The predicted molar refractivity (Wildman–Crippen MR) is 398 cm³/mol. The van der Waals surface area contributed by atoms with Gasteiger partial charge in [-0.3, -0.25) is 0 Å². The molecular formula is C85H152N2NiO2. The van der Waals surface area contributed by atoms with Gasteiger partial charge in [-0.1, -0.05) is 393 Å². The number of aryl methyl sites for hydroxylation is 2. The van der Waals surface area contributed by atoms with E-state index in [1.807, 2.05) is 0 Å². The first kappa shape index (κ1) is 87.7. The molecule has 4 nitrogen and oxygen atoms in total. The number of unbranched alkanes of at least 4 members (excludes halogenated alkanes) is 50. The second-order valence-electron chi connectivity index (χ2n) is 27.5. The van der Waals surface area contributed by atoms with Gasteiger partial charge in [0, 0.05) is 46.4 Å². The molecule has 1 aliphatic rings. The van der Waals surface area contributed by atoms with E-state index in [0.29, 0.717) is 13.2 Å². The molecule has 0 bridgehead atoms. The van der Waals surface area contributed by atoms with Gasteiger partial charge in [0.1, 0.15) is 0 Å².